The SMILES string of the molecule is CNCc1ccc2c(c1)N(CC1CC1)CC2. The molecule has 2 aliphatic rings. The molecule has 0 spiro atoms. The van der Waals surface area contributed by atoms with Gasteiger partial charge >= 0.3 is 0 Å². The Labute approximate surface area is 97.6 Å². The Morgan fingerprint density at radius 1 is 1.38 bits per heavy atom. The quantitative estimate of drug-likeness (QED) is 0.830. The van der Waals surface area contributed by atoms with Gasteiger partial charge in [0.25, 0.3) is 0 Å². The van der Waals surface area contributed by atoms with Crippen molar-refractivity contribution in [3.05, 3.63) is 29.3 Å². The number of benzene rings is 1. The van der Waals surface area contributed by atoms with Gasteiger partial charge in [0, 0.05) is 25.3 Å². The van der Waals surface area contributed by atoms with Crippen LogP contribution < -0.4 is 10.2 Å². The zero-order valence-corrected chi connectivity index (χ0v) is 10.00. The van der Waals surface area contributed by atoms with Crippen LogP contribution in [0.3, 0.4) is 0 Å². The first-order chi connectivity index (χ1) is 7.86. The number of hydrogen-bond acceptors (Lipinski definition) is 2. The van der Waals surface area contributed by atoms with Crippen molar-refractivity contribution in [2.75, 3.05) is 25.0 Å². The molecule has 1 aromatic carbocycles. The molecule has 1 fully saturated rings. The smallest absolute Gasteiger partial charge is 0.0402 e. The van der Waals surface area contributed by atoms with Gasteiger partial charge in [-0.3, -0.25) is 0 Å². The maximum atomic E-state index is 3.22. The van der Waals surface area contributed by atoms with E-state index >= 15 is 0 Å². The second-order valence-electron chi connectivity index (χ2n) is 5.13. The molecular weight excluding hydrogens is 196 g/mol. The highest BCUT2D eigenvalue weighted by Gasteiger charge is 2.27. The van der Waals surface area contributed by atoms with Crippen molar-refractivity contribution in [2.45, 2.75) is 25.8 Å². The first kappa shape index (κ1) is 10.2. The second kappa shape index (κ2) is 4.10. The van der Waals surface area contributed by atoms with Gasteiger partial charge in [0.05, 0.1) is 0 Å². The first-order valence-electron chi connectivity index (χ1n) is 6.38. The fourth-order valence-corrected chi connectivity index (χ4v) is 2.61. The Hall–Kier alpha value is -1.02. The molecule has 0 aromatic heterocycles. The molecule has 86 valence electrons. The maximum Gasteiger partial charge on any atom is 0.0402 e. The molecule has 0 saturated heterocycles. The van der Waals surface area contributed by atoms with E-state index in [1.807, 2.05) is 7.05 Å². The molecule has 1 aliphatic carbocycles. The van der Waals surface area contributed by atoms with E-state index in [2.05, 4.69) is 28.4 Å². The van der Waals surface area contributed by atoms with Crippen molar-refractivity contribution in [3.63, 3.8) is 0 Å². The Kier molecular flexibility index (Phi) is 2.60. The summed E-state index contributed by atoms with van der Waals surface area (Å²) in [7, 11) is 2.01. The van der Waals surface area contributed by atoms with Crippen LogP contribution in [0.1, 0.15) is 24.0 Å². The lowest BCUT2D eigenvalue weighted by Crippen LogP contribution is -2.23. The highest BCUT2D eigenvalue weighted by atomic mass is 15.2. The van der Waals surface area contributed by atoms with Crippen molar-refractivity contribution in [2.24, 2.45) is 5.92 Å². The molecule has 0 amide bonds. The highest BCUT2D eigenvalue weighted by molar-refractivity contribution is 5.59. The van der Waals surface area contributed by atoms with Crippen molar-refractivity contribution in [1.29, 1.82) is 0 Å². The van der Waals surface area contributed by atoms with Gasteiger partial charge in [-0.05, 0) is 49.4 Å². The molecule has 2 heteroatoms. The lowest BCUT2D eigenvalue weighted by atomic mass is 10.1. The number of fused-ring (bicyclic) bond motifs is 1. The van der Waals surface area contributed by atoms with Gasteiger partial charge in [0.15, 0.2) is 0 Å². The fraction of sp³-hybridized carbons (Fsp3) is 0.571. The predicted octanol–water partition coefficient (Wildman–Crippen LogP) is 2.18. The Bertz CT molecular complexity index is 382. The molecular formula is C14H20N2. The summed E-state index contributed by atoms with van der Waals surface area (Å²) in [5.41, 5.74) is 4.45. The zero-order chi connectivity index (χ0) is 11.0. The number of nitrogens with one attached hydrogen (secondary N) is 1. The third-order valence-corrected chi connectivity index (χ3v) is 3.70. The molecule has 16 heavy (non-hydrogen) atoms. The lowest BCUT2D eigenvalue weighted by molar-refractivity contribution is 0.746. The summed E-state index contributed by atoms with van der Waals surface area (Å²) in [6.07, 6.45) is 4.13. The molecule has 0 unspecified atom stereocenters. The largest absolute Gasteiger partial charge is 0.371 e. The van der Waals surface area contributed by atoms with Gasteiger partial charge in [0.2, 0.25) is 0 Å². The van der Waals surface area contributed by atoms with E-state index in [0.717, 1.165) is 12.5 Å². The predicted molar refractivity (Wildman–Crippen MR) is 67.8 cm³/mol. The summed E-state index contributed by atoms with van der Waals surface area (Å²) in [6.45, 7) is 3.50. The van der Waals surface area contributed by atoms with E-state index in [1.54, 1.807) is 5.56 Å². The Balaban J connectivity index is 1.81. The fourth-order valence-electron chi connectivity index (χ4n) is 2.61. The van der Waals surface area contributed by atoms with E-state index in [4.69, 9.17) is 0 Å². The highest BCUT2D eigenvalue weighted by Crippen LogP contribution is 2.35. The van der Waals surface area contributed by atoms with Gasteiger partial charge in [-0.25, -0.2) is 0 Å². The third-order valence-electron chi connectivity index (χ3n) is 3.70. The maximum absolute atomic E-state index is 3.22. The Morgan fingerprint density at radius 2 is 2.25 bits per heavy atom. The monoisotopic (exact) mass is 216 g/mol. The van der Waals surface area contributed by atoms with Gasteiger partial charge in [-0.1, -0.05) is 12.1 Å². The standard InChI is InChI=1S/C14H20N2/c1-15-9-12-4-5-13-6-7-16(14(13)8-12)10-11-2-3-11/h4-5,8,11,15H,2-3,6-7,9-10H2,1H3. The number of nitrogens with zero attached hydrogens (tertiary/aromatic N) is 1. The number of anilines is 1. The van der Waals surface area contributed by atoms with Crippen LogP contribution in [0.2, 0.25) is 0 Å². The van der Waals surface area contributed by atoms with E-state index < -0.39 is 0 Å². The van der Waals surface area contributed by atoms with E-state index in [1.165, 1.54) is 43.6 Å². The minimum Gasteiger partial charge on any atom is -0.371 e. The van der Waals surface area contributed by atoms with Crippen molar-refractivity contribution >= 4 is 5.69 Å². The van der Waals surface area contributed by atoms with Crippen LogP contribution in [0.4, 0.5) is 5.69 Å². The minimum atomic E-state index is 0.977. The van der Waals surface area contributed by atoms with Crippen LogP contribution in [0.15, 0.2) is 18.2 Å². The topological polar surface area (TPSA) is 15.3 Å². The number of hydrogen-bond donors (Lipinski definition) is 1. The van der Waals surface area contributed by atoms with Crippen LogP contribution in [0.5, 0.6) is 0 Å². The third kappa shape index (κ3) is 1.94. The van der Waals surface area contributed by atoms with Gasteiger partial charge in [-0.15, -0.1) is 0 Å². The molecule has 2 nitrogen and oxygen atoms in total. The molecule has 1 aliphatic heterocycles. The molecule has 1 heterocycles. The molecule has 1 saturated carbocycles. The normalized spacial score (nSPS) is 18.9. The first-order valence-corrected chi connectivity index (χ1v) is 6.38. The molecule has 1 N–H and O–H groups in total. The summed E-state index contributed by atoms with van der Waals surface area (Å²) in [5.74, 6) is 0.985. The summed E-state index contributed by atoms with van der Waals surface area (Å²) in [4.78, 5) is 2.59. The second-order valence-corrected chi connectivity index (χ2v) is 5.13. The molecule has 1 aromatic rings. The van der Waals surface area contributed by atoms with Crippen LogP contribution in [0, 0.1) is 5.92 Å². The van der Waals surface area contributed by atoms with Crippen LogP contribution in [-0.2, 0) is 13.0 Å². The van der Waals surface area contributed by atoms with Crippen molar-refractivity contribution < 1.29 is 0 Å². The summed E-state index contributed by atoms with van der Waals surface area (Å²) < 4.78 is 0. The van der Waals surface area contributed by atoms with E-state index in [-0.39, 0.29) is 0 Å². The van der Waals surface area contributed by atoms with E-state index in [0.29, 0.717) is 0 Å². The summed E-state index contributed by atoms with van der Waals surface area (Å²) >= 11 is 0. The molecule has 3 rings (SSSR count). The van der Waals surface area contributed by atoms with Crippen molar-refractivity contribution in [1.82, 2.24) is 5.32 Å². The van der Waals surface area contributed by atoms with E-state index in [9.17, 15) is 0 Å². The zero-order valence-electron chi connectivity index (χ0n) is 10.00. The number of rotatable bonds is 4. The Morgan fingerprint density at radius 3 is 3.00 bits per heavy atom. The summed E-state index contributed by atoms with van der Waals surface area (Å²) in [5, 5.41) is 3.22. The average Bonchev–Trinajstić information content (AvgIpc) is 3.01. The lowest BCUT2D eigenvalue weighted by Gasteiger charge is -2.19. The van der Waals surface area contributed by atoms with Crippen LogP contribution >= 0.6 is 0 Å². The summed E-state index contributed by atoms with van der Waals surface area (Å²) in [6, 6.07) is 6.95. The van der Waals surface area contributed by atoms with Crippen LogP contribution in [0.25, 0.3) is 0 Å². The molecule has 0 atom stereocenters. The van der Waals surface area contributed by atoms with Crippen molar-refractivity contribution in [3.8, 4) is 0 Å². The van der Waals surface area contributed by atoms with Crippen LogP contribution in [-0.4, -0.2) is 20.1 Å². The molecule has 0 bridgehead atoms. The molecule has 0 radical (unpaired) electrons. The van der Waals surface area contributed by atoms with Gasteiger partial charge in [-0.2, -0.15) is 0 Å². The van der Waals surface area contributed by atoms with Gasteiger partial charge < -0.3 is 10.2 Å². The minimum absolute atomic E-state index is 0.977. The van der Waals surface area contributed by atoms with Gasteiger partial charge in [0.1, 0.15) is 0 Å². The average molecular weight is 216 g/mol.